The Balaban J connectivity index is 1.28. The van der Waals surface area contributed by atoms with E-state index in [-0.39, 0.29) is 31.1 Å². The molecule has 4 heterocycles. The average molecular weight is 511 g/mol. The second-order valence-electron chi connectivity index (χ2n) is 7.92. The number of alkyl halides is 3. The maximum atomic E-state index is 13.3. The van der Waals surface area contributed by atoms with Crippen molar-refractivity contribution in [3.8, 4) is 6.07 Å². The van der Waals surface area contributed by atoms with Gasteiger partial charge in [0.15, 0.2) is 16.5 Å². The molecule has 1 unspecified atom stereocenters. The number of H-pyrrole nitrogens is 1. The van der Waals surface area contributed by atoms with Gasteiger partial charge in [0.25, 0.3) is 5.56 Å². The number of anilines is 1. The molecule has 3 aromatic rings. The summed E-state index contributed by atoms with van der Waals surface area (Å²) in [6.45, 7) is 3.91. The predicted molar refractivity (Wildman–Crippen MR) is 119 cm³/mol. The minimum absolute atomic E-state index is 0.00674. The number of carbonyl (C=O) groups is 1. The molecule has 0 aromatic carbocycles. The number of aromatic nitrogens is 5. The number of halogens is 3. The number of nitriles is 1. The molecule has 0 radical (unpaired) electrons. The van der Waals surface area contributed by atoms with E-state index in [1.54, 1.807) is 17.2 Å². The number of amides is 1. The van der Waals surface area contributed by atoms with Crippen LogP contribution in [-0.2, 0) is 15.7 Å². The number of fused-ring (bicyclic) bond motifs is 1. The summed E-state index contributed by atoms with van der Waals surface area (Å²) in [5.41, 5.74) is -1.93. The van der Waals surface area contributed by atoms with Gasteiger partial charge in [0.2, 0.25) is 5.91 Å². The van der Waals surface area contributed by atoms with E-state index < -0.39 is 28.9 Å². The molecule has 15 heteroatoms. The number of hydrogen-bond donors (Lipinski definition) is 1. The zero-order chi connectivity index (χ0) is 25.2. The Labute approximate surface area is 200 Å². The molecule has 0 spiro atoms. The van der Waals surface area contributed by atoms with Crippen molar-refractivity contribution in [1.29, 1.82) is 5.26 Å². The lowest BCUT2D eigenvalue weighted by Gasteiger charge is -2.34. The second kappa shape index (κ2) is 10.0. The summed E-state index contributed by atoms with van der Waals surface area (Å²) < 4.78 is 46.6. The Kier molecular flexibility index (Phi) is 7.03. The molecule has 35 heavy (non-hydrogen) atoms. The van der Waals surface area contributed by atoms with E-state index in [9.17, 15) is 22.8 Å². The normalized spacial score (nSPS) is 15.4. The van der Waals surface area contributed by atoms with Gasteiger partial charge < -0.3 is 14.5 Å². The van der Waals surface area contributed by atoms with E-state index in [2.05, 4.69) is 15.2 Å². The van der Waals surface area contributed by atoms with Crippen LogP contribution in [-0.4, -0.2) is 75.2 Å². The second-order valence-corrected chi connectivity index (χ2v) is 8.76. The Morgan fingerprint density at radius 3 is 2.74 bits per heavy atom. The number of nitrogens with one attached hydrogen (secondary N) is 1. The molecule has 186 valence electrons. The van der Waals surface area contributed by atoms with Gasteiger partial charge >= 0.3 is 6.18 Å². The number of thiazole rings is 1. The van der Waals surface area contributed by atoms with Crippen LogP contribution in [0.15, 0.2) is 16.4 Å². The van der Waals surface area contributed by atoms with Crippen molar-refractivity contribution in [3.05, 3.63) is 33.3 Å². The molecule has 0 saturated carbocycles. The van der Waals surface area contributed by atoms with E-state index in [1.807, 2.05) is 16.1 Å². The maximum absolute atomic E-state index is 13.3. The average Bonchev–Trinajstić information content (AvgIpc) is 3.47. The van der Waals surface area contributed by atoms with Crippen LogP contribution >= 0.6 is 11.3 Å². The molecular formula is C20H21F3N8O3S. The van der Waals surface area contributed by atoms with Crippen molar-refractivity contribution in [2.24, 2.45) is 0 Å². The molecule has 1 saturated heterocycles. The van der Waals surface area contributed by atoms with Crippen molar-refractivity contribution in [3.63, 3.8) is 0 Å². The van der Waals surface area contributed by atoms with Crippen LogP contribution in [0.1, 0.15) is 30.8 Å². The third kappa shape index (κ3) is 5.28. The summed E-state index contributed by atoms with van der Waals surface area (Å²) in [5, 5.41) is 19.9. The Bertz CT molecular complexity index is 1300. The third-order valence-electron chi connectivity index (χ3n) is 5.54. The highest BCUT2D eigenvalue weighted by Gasteiger charge is 2.38. The minimum atomic E-state index is -4.80. The molecule has 4 rings (SSSR count). The Morgan fingerprint density at radius 2 is 2.09 bits per heavy atom. The first-order valence-corrected chi connectivity index (χ1v) is 11.6. The molecule has 1 amide bonds. The molecule has 1 N–H and O–H groups in total. The highest BCUT2D eigenvalue weighted by Crippen LogP contribution is 2.33. The van der Waals surface area contributed by atoms with Gasteiger partial charge in [-0.2, -0.15) is 28.6 Å². The Hall–Kier alpha value is -3.51. The lowest BCUT2D eigenvalue weighted by Crippen LogP contribution is -2.49. The van der Waals surface area contributed by atoms with Crippen LogP contribution in [0.4, 0.5) is 18.3 Å². The number of aromatic amines is 1. The van der Waals surface area contributed by atoms with E-state index in [0.717, 1.165) is 16.0 Å². The fraction of sp³-hybridized carbons (Fsp3) is 0.500. The summed E-state index contributed by atoms with van der Waals surface area (Å²) in [4.78, 5) is 32.4. The van der Waals surface area contributed by atoms with Crippen molar-refractivity contribution in [1.82, 2.24) is 29.9 Å². The van der Waals surface area contributed by atoms with Crippen molar-refractivity contribution in [2.75, 3.05) is 44.3 Å². The van der Waals surface area contributed by atoms with Crippen LogP contribution < -0.4 is 10.5 Å². The van der Waals surface area contributed by atoms with Gasteiger partial charge in [-0.1, -0.05) is 0 Å². The summed E-state index contributed by atoms with van der Waals surface area (Å²) in [7, 11) is 0. The molecule has 11 nitrogen and oxygen atoms in total. The number of hydrogen-bond acceptors (Lipinski definition) is 9. The Morgan fingerprint density at radius 1 is 1.34 bits per heavy atom. The zero-order valence-electron chi connectivity index (χ0n) is 18.6. The van der Waals surface area contributed by atoms with Crippen LogP contribution in [0.25, 0.3) is 10.9 Å². The minimum Gasteiger partial charge on any atom is -0.379 e. The quantitative estimate of drug-likeness (QED) is 0.476. The SMILES string of the molecule is CC(COCCC(=O)N1CCN(c2nc(C#N)cs2)CC1)n1nc(C(F)(F)F)c2c(=O)[nH]ncc21. The largest absolute Gasteiger partial charge is 0.435 e. The molecule has 1 aliphatic heterocycles. The van der Waals surface area contributed by atoms with Crippen molar-refractivity contribution in [2.45, 2.75) is 25.6 Å². The maximum Gasteiger partial charge on any atom is 0.435 e. The van der Waals surface area contributed by atoms with Gasteiger partial charge in [0, 0.05) is 31.6 Å². The van der Waals surface area contributed by atoms with Gasteiger partial charge in [0.1, 0.15) is 11.5 Å². The first-order chi connectivity index (χ1) is 16.7. The molecule has 0 bridgehead atoms. The van der Waals surface area contributed by atoms with Crippen LogP contribution in [0.5, 0.6) is 0 Å². The van der Waals surface area contributed by atoms with Crippen molar-refractivity contribution >= 4 is 33.3 Å². The van der Waals surface area contributed by atoms with Gasteiger partial charge in [-0.3, -0.25) is 14.3 Å². The topological polar surface area (TPSA) is 133 Å². The van der Waals surface area contributed by atoms with Crippen LogP contribution in [0.2, 0.25) is 0 Å². The molecule has 0 aliphatic carbocycles. The van der Waals surface area contributed by atoms with E-state index in [4.69, 9.17) is 10.00 Å². The number of nitrogens with zero attached hydrogens (tertiary/aromatic N) is 7. The molecular weight excluding hydrogens is 489 g/mol. The summed E-state index contributed by atoms with van der Waals surface area (Å²) in [5.74, 6) is -0.0891. The highest BCUT2D eigenvalue weighted by molar-refractivity contribution is 7.13. The lowest BCUT2D eigenvalue weighted by atomic mass is 10.2. The summed E-state index contributed by atoms with van der Waals surface area (Å²) in [6, 6.07) is 1.37. The highest BCUT2D eigenvalue weighted by atomic mass is 32.1. The summed E-state index contributed by atoms with van der Waals surface area (Å²) in [6.07, 6.45) is -3.56. The predicted octanol–water partition coefficient (Wildman–Crippen LogP) is 1.78. The van der Waals surface area contributed by atoms with Crippen LogP contribution in [0, 0.1) is 11.3 Å². The zero-order valence-corrected chi connectivity index (χ0v) is 19.4. The molecule has 3 aromatic heterocycles. The van der Waals surface area contributed by atoms with Gasteiger partial charge in [0.05, 0.1) is 37.4 Å². The monoisotopic (exact) mass is 510 g/mol. The van der Waals surface area contributed by atoms with Crippen LogP contribution in [0.3, 0.4) is 0 Å². The fourth-order valence-corrected chi connectivity index (χ4v) is 4.59. The number of piperazine rings is 1. The van der Waals surface area contributed by atoms with Gasteiger partial charge in [-0.15, -0.1) is 11.3 Å². The van der Waals surface area contributed by atoms with Gasteiger partial charge in [-0.05, 0) is 6.92 Å². The molecule has 1 aliphatic rings. The third-order valence-corrected chi connectivity index (χ3v) is 6.44. The number of rotatable bonds is 7. The first-order valence-electron chi connectivity index (χ1n) is 10.7. The van der Waals surface area contributed by atoms with E-state index in [0.29, 0.717) is 31.9 Å². The van der Waals surface area contributed by atoms with Gasteiger partial charge in [-0.25, -0.2) is 10.1 Å². The standard InChI is InChI=1S/C20H21F3N8O3S/c1-12(31-14-9-25-27-18(33)16(14)17(28-31)20(21,22)23)10-34-7-2-15(32)29-3-5-30(6-4-29)19-26-13(8-24)11-35-19/h9,11-12H,2-7,10H2,1H3,(H,27,33). The number of ether oxygens (including phenoxy) is 1. The van der Waals surface area contributed by atoms with Crippen molar-refractivity contribution < 1.29 is 22.7 Å². The van der Waals surface area contributed by atoms with E-state index >= 15 is 0 Å². The molecule has 1 fully saturated rings. The lowest BCUT2D eigenvalue weighted by molar-refractivity contribution is -0.140. The fourth-order valence-electron chi connectivity index (χ4n) is 3.79. The first kappa shape index (κ1) is 24.6. The number of carbonyl (C=O) groups excluding carboxylic acids is 1. The summed E-state index contributed by atoms with van der Waals surface area (Å²) >= 11 is 1.39. The van der Waals surface area contributed by atoms with E-state index in [1.165, 1.54) is 11.3 Å². The molecule has 1 atom stereocenters. The smallest absolute Gasteiger partial charge is 0.379 e.